The van der Waals surface area contributed by atoms with Gasteiger partial charge in [-0.05, 0) is 6.42 Å². The Labute approximate surface area is 264 Å². The summed E-state index contributed by atoms with van der Waals surface area (Å²) in [5, 5.41) is 0. The highest BCUT2D eigenvalue weighted by Crippen LogP contribution is 1.89. The number of rotatable bonds is 39. The first-order valence-electron chi connectivity index (χ1n) is 15.8. The number of unbranched alkanes of at least 4 members (excludes halogenated alkanes) is 1. The van der Waals surface area contributed by atoms with Gasteiger partial charge in [0.05, 0.1) is 152 Å². The van der Waals surface area contributed by atoms with Crippen molar-refractivity contribution in [3.8, 4) is 0 Å². The summed E-state index contributed by atoms with van der Waals surface area (Å²) in [6, 6.07) is 0. The Bertz CT molecular complexity index is 544. The molecule has 0 saturated heterocycles. The van der Waals surface area contributed by atoms with Crippen molar-refractivity contribution in [1.29, 1.82) is 0 Å². The fraction of sp³-hybridized carbons (Fsp3) is 0.967. The van der Waals surface area contributed by atoms with E-state index in [1.54, 1.807) is 0 Å². The number of ether oxygens (including phenoxy) is 13. The summed E-state index contributed by atoms with van der Waals surface area (Å²) in [4.78, 5) is 10.6. The highest BCUT2D eigenvalue weighted by atomic mass is 16.6. The lowest BCUT2D eigenvalue weighted by atomic mass is 10.4. The first-order valence-corrected chi connectivity index (χ1v) is 15.8. The Morgan fingerprint density at radius 2 is 0.500 bits per heavy atom. The van der Waals surface area contributed by atoms with Crippen LogP contribution in [0.3, 0.4) is 0 Å². The summed E-state index contributed by atoms with van der Waals surface area (Å²) < 4.78 is 69.9. The van der Waals surface area contributed by atoms with Crippen LogP contribution in [0, 0.1) is 0 Å². The topological polar surface area (TPSA) is 137 Å². The summed E-state index contributed by atoms with van der Waals surface area (Å²) in [6.45, 7) is 16.3. The molecule has 0 amide bonds. The van der Waals surface area contributed by atoms with E-state index in [-0.39, 0.29) is 12.6 Å². The van der Waals surface area contributed by atoms with Gasteiger partial charge in [0.25, 0.3) is 0 Å². The Balaban J connectivity index is 3.04. The molecule has 0 heterocycles. The van der Waals surface area contributed by atoms with Gasteiger partial charge in [0.1, 0.15) is 6.61 Å². The molecule has 14 nitrogen and oxygen atoms in total. The first-order chi connectivity index (χ1) is 21.8. The zero-order valence-electron chi connectivity index (χ0n) is 27.3. The SMILES string of the molecule is CCCCOCCOCCOCCOCCOCCOCCOCCOCCOCCOCCOCCOCCOC(C)=O. The van der Waals surface area contributed by atoms with Crippen LogP contribution in [-0.4, -0.2) is 171 Å². The second kappa shape index (κ2) is 40.0. The van der Waals surface area contributed by atoms with E-state index in [4.69, 9.17) is 61.6 Å². The average Bonchev–Trinajstić information content (AvgIpc) is 3.02. The summed E-state index contributed by atoms with van der Waals surface area (Å²) in [5.74, 6) is -0.311. The molecule has 0 aromatic rings. The fourth-order valence-corrected chi connectivity index (χ4v) is 3.01. The van der Waals surface area contributed by atoms with Crippen LogP contribution in [0.5, 0.6) is 0 Å². The molecule has 0 unspecified atom stereocenters. The van der Waals surface area contributed by atoms with Crippen LogP contribution in [0.2, 0.25) is 0 Å². The molecule has 0 N–H and O–H groups in total. The lowest BCUT2D eigenvalue weighted by Gasteiger charge is -2.09. The maximum atomic E-state index is 10.6. The van der Waals surface area contributed by atoms with Crippen LogP contribution < -0.4 is 0 Å². The van der Waals surface area contributed by atoms with Crippen LogP contribution >= 0.6 is 0 Å². The van der Waals surface area contributed by atoms with E-state index < -0.39 is 0 Å². The van der Waals surface area contributed by atoms with Gasteiger partial charge in [-0.15, -0.1) is 0 Å². The fourth-order valence-electron chi connectivity index (χ4n) is 3.01. The maximum Gasteiger partial charge on any atom is 0.302 e. The van der Waals surface area contributed by atoms with E-state index in [1.807, 2.05) is 0 Å². The standard InChI is InChI=1S/C30H60O14/c1-3-4-5-32-6-7-33-8-9-34-10-11-35-12-13-36-14-15-37-16-17-38-18-19-39-20-21-40-22-23-41-24-25-42-26-27-43-28-29-44-30(2)31/h3-29H2,1-2H3. The van der Waals surface area contributed by atoms with Gasteiger partial charge in [0, 0.05) is 13.5 Å². The summed E-state index contributed by atoms with van der Waals surface area (Å²) in [6.07, 6.45) is 2.24. The summed E-state index contributed by atoms with van der Waals surface area (Å²) in [7, 11) is 0. The van der Waals surface area contributed by atoms with E-state index in [2.05, 4.69) is 6.92 Å². The van der Waals surface area contributed by atoms with Crippen molar-refractivity contribution < 1.29 is 66.4 Å². The smallest absolute Gasteiger partial charge is 0.302 e. The van der Waals surface area contributed by atoms with Crippen LogP contribution in [0.25, 0.3) is 0 Å². The molecular weight excluding hydrogens is 584 g/mol. The van der Waals surface area contributed by atoms with Crippen molar-refractivity contribution in [2.75, 3.05) is 165 Å². The van der Waals surface area contributed by atoms with E-state index in [1.165, 1.54) is 6.92 Å². The molecule has 0 aliphatic heterocycles. The number of carbonyl (C=O) groups excluding carboxylic acids is 1. The third kappa shape index (κ3) is 41.0. The average molecular weight is 645 g/mol. The van der Waals surface area contributed by atoms with Crippen LogP contribution in [0.4, 0.5) is 0 Å². The molecule has 0 aliphatic rings. The molecule has 0 spiro atoms. The Hall–Kier alpha value is -1.01. The molecule has 0 aliphatic carbocycles. The number of hydrogen-bond acceptors (Lipinski definition) is 14. The molecular formula is C30H60O14. The van der Waals surface area contributed by atoms with Gasteiger partial charge in [-0.3, -0.25) is 4.79 Å². The molecule has 0 bridgehead atoms. The monoisotopic (exact) mass is 644 g/mol. The maximum absolute atomic E-state index is 10.6. The Kier molecular flexibility index (Phi) is 39.1. The Morgan fingerprint density at radius 3 is 0.682 bits per heavy atom. The van der Waals surface area contributed by atoms with Crippen molar-refractivity contribution in [3.63, 3.8) is 0 Å². The highest BCUT2D eigenvalue weighted by molar-refractivity contribution is 5.65. The van der Waals surface area contributed by atoms with Gasteiger partial charge >= 0.3 is 5.97 Å². The number of hydrogen-bond donors (Lipinski definition) is 0. The minimum absolute atomic E-state index is 0.258. The second-order valence-corrected chi connectivity index (χ2v) is 9.04. The molecule has 14 heteroatoms. The quantitative estimate of drug-likeness (QED) is 0.0707. The van der Waals surface area contributed by atoms with Gasteiger partial charge in [-0.25, -0.2) is 0 Å². The molecule has 0 saturated carbocycles. The van der Waals surface area contributed by atoms with Gasteiger partial charge in [0.15, 0.2) is 0 Å². The minimum atomic E-state index is -0.311. The zero-order valence-corrected chi connectivity index (χ0v) is 27.3. The van der Waals surface area contributed by atoms with E-state index in [9.17, 15) is 4.79 Å². The highest BCUT2D eigenvalue weighted by Gasteiger charge is 1.97. The molecule has 0 rings (SSSR count). The first kappa shape index (κ1) is 43.0. The molecule has 0 fully saturated rings. The molecule has 44 heavy (non-hydrogen) atoms. The zero-order chi connectivity index (χ0) is 31.9. The van der Waals surface area contributed by atoms with Crippen molar-refractivity contribution in [2.24, 2.45) is 0 Å². The predicted molar refractivity (Wildman–Crippen MR) is 161 cm³/mol. The minimum Gasteiger partial charge on any atom is -0.463 e. The summed E-state index contributed by atoms with van der Waals surface area (Å²) in [5.41, 5.74) is 0. The van der Waals surface area contributed by atoms with E-state index in [0.717, 1.165) is 19.4 Å². The summed E-state index contributed by atoms with van der Waals surface area (Å²) >= 11 is 0. The van der Waals surface area contributed by atoms with Gasteiger partial charge in [-0.1, -0.05) is 13.3 Å². The molecule has 0 aromatic heterocycles. The van der Waals surface area contributed by atoms with Crippen molar-refractivity contribution in [2.45, 2.75) is 26.7 Å². The van der Waals surface area contributed by atoms with Gasteiger partial charge in [-0.2, -0.15) is 0 Å². The molecule has 0 aromatic carbocycles. The lowest BCUT2D eigenvalue weighted by molar-refractivity contribution is -0.142. The molecule has 0 atom stereocenters. The third-order valence-corrected chi connectivity index (χ3v) is 5.27. The molecule has 0 radical (unpaired) electrons. The Morgan fingerprint density at radius 1 is 0.318 bits per heavy atom. The lowest BCUT2D eigenvalue weighted by Crippen LogP contribution is -2.15. The number of esters is 1. The normalized spacial score (nSPS) is 11.4. The van der Waals surface area contributed by atoms with Gasteiger partial charge < -0.3 is 61.6 Å². The third-order valence-electron chi connectivity index (χ3n) is 5.27. The van der Waals surface area contributed by atoms with Crippen LogP contribution in [-0.2, 0) is 66.4 Å². The van der Waals surface area contributed by atoms with Crippen LogP contribution in [0.15, 0.2) is 0 Å². The van der Waals surface area contributed by atoms with Crippen molar-refractivity contribution in [1.82, 2.24) is 0 Å². The number of carbonyl (C=O) groups is 1. The van der Waals surface area contributed by atoms with Crippen molar-refractivity contribution in [3.05, 3.63) is 0 Å². The van der Waals surface area contributed by atoms with Crippen molar-refractivity contribution >= 4 is 5.97 Å². The predicted octanol–water partition coefficient (Wildman–Crippen LogP) is 1.55. The van der Waals surface area contributed by atoms with Gasteiger partial charge in [0.2, 0.25) is 0 Å². The largest absolute Gasteiger partial charge is 0.463 e. The molecule has 264 valence electrons. The van der Waals surface area contributed by atoms with E-state index >= 15 is 0 Å². The van der Waals surface area contributed by atoms with Crippen LogP contribution in [0.1, 0.15) is 26.7 Å². The second-order valence-electron chi connectivity index (χ2n) is 9.04. The van der Waals surface area contributed by atoms with E-state index in [0.29, 0.717) is 152 Å².